The van der Waals surface area contributed by atoms with Crippen LogP contribution >= 0.6 is 0 Å². The third kappa shape index (κ3) is 11.8. The molecule has 0 heterocycles. The SMILES string of the molecule is CCCCCCCCCCCC(=O)C(O)CS(=O)(=O)OC. The predicted molar refractivity (Wildman–Crippen MR) is 83.7 cm³/mol. The number of hydrogen-bond acceptors (Lipinski definition) is 5. The fourth-order valence-electron chi connectivity index (χ4n) is 2.13. The van der Waals surface area contributed by atoms with Crippen LogP contribution in [-0.4, -0.2) is 38.3 Å². The zero-order valence-electron chi connectivity index (χ0n) is 13.3. The van der Waals surface area contributed by atoms with Crippen LogP contribution < -0.4 is 0 Å². The molecule has 0 bridgehead atoms. The molecule has 1 atom stereocenters. The number of carbonyl (C=O) groups is 1. The highest BCUT2D eigenvalue weighted by molar-refractivity contribution is 7.86. The minimum Gasteiger partial charge on any atom is -0.384 e. The molecule has 0 aromatic carbocycles. The molecule has 0 aliphatic rings. The number of aliphatic hydroxyl groups excluding tert-OH is 1. The number of rotatable bonds is 14. The lowest BCUT2D eigenvalue weighted by Gasteiger charge is -2.09. The Kier molecular flexibility index (Phi) is 11.9. The van der Waals surface area contributed by atoms with Crippen molar-refractivity contribution in [3.05, 3.63) is 0 Å². The summed E-state index contributed by atoms with van der Waals surface area (Å²) in [5, 5.41) is 9.50. The minimum absolute atomic E-state index is 0.232. The summed E-state index contributed by atoms with van der Waals surface area (Å²) in [7, 11) is -2.76. The third-order valence-corrected chi connectivity index (χ3v) is 4.75. The van der Waals surface area contributed by atoms with E-state index in [2.05, 4.69) is 11.1 Å². The summed E-state index contributed by atoms with van der Waals surface area (Å²) in [6, 6.07) is 0. The van der Waals surface area contributed by atoms with Crippen LogP contribution in [-0.2, 0) is 19.1 Å². The van der Waals surface area contributed by atoms with Crippen molar-refractivity contribution in [3.8, 4) is 0 Å². The molecule has 0 saturated carbocycles. The van der Waals surface area contributed by atoms with Gasteiger partial charge in [-0.15, -0.1) is 0 Å². The van der Waals surface area contributed by atoms with Gasteiger partial charge in [0.1, 0.15) is 11.9 Å². The van der Waals surface area contributed by atoms with E-state index in [9.17, 15) is 18.3 Å². The topological polar surface area (TPSA) is 80.7 Å². The zero-order valence-corrected chi connectivity index (χ0v) is 14.2. The van der Waals surface area contributed by atoms with Gasteiger partial charge in [0.15, 0.2) is 5.78 Å². The van der Waals surface area contributed by atoms with Crippen LogP contribution in [0.2, 0.25) is 0 Å². The van der Waals surface area contributed by atoms with Crippen molar-refractivity contribution in [1.29, 1.82) is 0 Å². The fraction of sp³-hybridized carbons (Fsp3) is 0.933. The monoisotopic (exact) mass is 322 g/mol. The molecule has 0 radical (unpaired) electrons. The van der Waals surface area contributed by atoms with Crippen LogP contribution in [0.4, 0.5) is 0 Å². The third-order valence-electron chi connectivity index (χ3n) is 3.51. The summed E-state index contributed by atoms with van der Waals surface area (Å²) in [6.45, 7) is 2.20. The van der Waals surface area contributed by atoms with Crippen molar-refractivity contribution < 1.29 is 22.5 Å². The molecule has 126 valence electrons. The van der Waals surface area contributed by atoms with E-state index >= 15 is 0 Å². The quantitative estimate of drug-likeness (QED) is 0.393. The van der Waals surface area contributed by atoms with Crippen LogP contribution in [0.1, 0.15) is 71.1 Å². The van der Waals surface area contributed by atoms with Crippen LogP contribution in [0.25, 0.3) is 0 Å². The molecule has 0 amide bonds. The molecule has 0 aliphatic carbocycles. The highest BCUT2D eigenvalue weighted by Crippen LogP contribution is 2.11. The molecule has 0 aromatic rings. The van der Waals surface area contributed by atoms with Crippen molar-refractivity contribution in [2.75, 3.05) is 12.9 Å². The second-order valence-corrected chi connectivity index (χ2v) is 7.23. The Labute approximate surface area is 129 Å². The Morgan fingerprint density at radius 1 is 1.00 bits per heavy atom. The number of aliphatic hydroxyl groups is 1. The van der Waals surface area contributed by atoms with Crippen molar-refractivity contribution in [2.45, 2.75) is 77.2 Å². The van der Waals surface area contributed by atoms with E-state index in [-0.39, 0.29) is 6.42 Å². The first kappa shape index (κ1) is 20.5. The van der Waals surface area contributed by atoms with Crippen LogP contribution in [0.15, 0.2) is 0 Å². The molecular weight excluding hydrogens is 292 g/mol. The Bertz CT molecular complexity index is 364. The van der Waals surface area contributed by atoms with Crippen molar-refractivity contribution in [3.63, 3.8) is 0 Å². The molecule has 0 aliphatic heterocycles. The van der Waals surface area contributed by atoms with Gasteiger partial charge in [0, 0.05) is 6.42 Å². The van der Waals surface area contributed by atoms with Crippen molar-refractivity contribution >= 4 is 15.9 Å². The molecule has 1 unspecified atom stereocenters. The lowest BCUT2D eigenvalue weighted by molar-refractivity contribution is -0.126. The van der Waals surface area contributed by atoms with Gasteiger partial charge in [0.25, 0.3) is 10.1 Å². The normalized spacial score (nSPS) is 13.3. The molecule has 0 fully saturated rings. The van der Waals surface area contributed by atoms with Gasteiger partial charge >= 0.3 is 0 Å². The largest absolute Gasteiger partial charge is 0.384 e. The highest BCUT2D eigenvalue weighted by atomic mass is 32.2. The summed E-state index contributed by atoms with van der Waals surface area (Å²) < 4.78 is 26.4. The van der Waals surface area contributed by atoms with E-state index in [1.165, 1.54) is 38.5 Å². The van der Waals surface area contributed by atoms with Gasteiger partial charge in [-0.2, -0.15) is 8.42 Å². The molecule has 5 nitrogen and oxygen atoms in total. The first-order valence-electron chi connectivity index (χ1n) is 7.92. The molecule has 0 rings (SSSR count). The number of carbonyl (C=O) groups excluding carboxylic acids is 1. The number of unbranched alkanes of at least 4 members (excludes halogenated alkanes) is 8. The van der Waals surface area contributed by atoms with Gasteiger partial charge in [-0.25, -0.2) is 0 Å². The molecule has 0 saturated heterocycles. The second-order valence-electron chi connectivity index (χ2n) is 5.45. The summed E-state index contributed by atoms with van der Waals surface area (Å²) in [5.41, 5.74) is 0. The van der Waals surface area contributed by atoms with Gasteiger partial charge in [-0.05, 0) is 6.42 Å². The minimum atomic E-state index is -3.78. The number of Topliss-reactive ketones (excluding diaryl/α,β-unsaturated/α-hetero) is 1. The summed E-state index contributed by atoms with van der Waals surface area (Å²) >= 11 is 0. The lowest BCUT2D eigenvalue weighted by atomic mass is 10.0. The molecule has 21 heavy (non-hydrogen) atoms. The Hall–Kier alpha value is -0.460. The van der Waals surface area contributed by atoms with E-state index in [1.54, 1.807) is 0 Å². The van der Waals surface area contributed by atoms with Gasteiger partial charge in [0.05, 0.1) is 7.11 Å². The van der Waals surface area contributed by atoms with Crippen LogP contribution in [0.3, 0.4) is 0 Å². The van der Waals surface area contributed by atoms with Gasteiger partial charge in [-0.3, -0.25) is 8.98 Å². The lowest BCUT2D eigenvalue weighted by Crippen LogP contribution is -2.29. The second kappa shape index (κ2) is 12.1. The van der Waals surface area contributed by atoms with E-state index in [0.29, 0.717) is 6.42 Å². The van der Waals surface area contributed by atoms with Crippen LogP contribution in [0.5, 0.6) is 0 Å². The van der Waals surface area contributed by atoms with E-state index in [4.69, 9.17) is 0 Å². The predicted octanol–water partition coefficient (Wildman–Crippen LogP) is 2.81. The van der Waals surface area contributed by atoms with E-state index in [1.807, 2.05) is 0 Å². The van der Waals surface area contributed by atoms with E-state index < -0.39 is 27.8 Å². The number of ketones is 1. The average Bonchev–Trinajstić information content (AvgIpc) is 2.44. The maximum absolute atomic E-state index is 11.6. The van der Waals surface area contributed by atoms with Gasteiger partial charge in [-0.1, -0.05) is 58.3 Å². The zero-order chi connectivity index (χ0) is 16.1. The maximum Gasteiger partial charge on any atom is 0.270 e. The van der Waals surface area contributed by atoms with Gasteiger partial charge < -0.3 is 5.11 Å². The fourth-order valence-corrected chi connectivity index (χ4v) is 2.84. The standard InChI is InChI=1S/C15H30O5S/c1-3-4-5-6-7-8-9-10-11-12-14(16)15(17)13-21(18,19)20-2/h15,17H,3-13H2,1-2H3. The smallest absolute Gasteiger partial charge is 0.270 e. The summed E-state index contributed by atoms with van der Waals surface area (Å²) in [4.78, 5) is 11.6. The molecular formula is C15H30O5S. The van der Waals surface area contributed by atoms with Crippen molar-refractivity contribution in [1.82, 2.24) is 0 Å². The summed E-state index contributed by atoms with van der Waals surface area (Å²) in [5.74, 6) is -1.07. The molecule has 0 aromatic heterocycles. The highest BCUT2D eigenvalue weighted by Gasteiger charge is 2.22. The molecule has 0 spiro atoms. The average molecular weight is 322 g/mol. The first-order chi connectivity index (χ1) is 9.93. The van der Waals surface area contributed by atoms with Crippen molar-refractivity contribution in [2.24, 2.45) is 0 Å². The van der Waals surface area contributed by atoms with Gasteiger partial charge in [0.2, 0.25) is 0 Å². The Balaban J connectivity index is 3.57. The summed E-state index contributed by atoms with van der Waals surface area (Å²) in [6.07, 6.45) is 9.06. The molecule has 6 heteroatoms. The molecule has 1 N–H and O–H groups in total. The number of hydrogen-bond donors (Lipinski definition) is 1. The van der Waals surface area contributed by atoms with Crippen LogP contribution in [0, 0.1) is 0 Å². The van der Waals surface area contributed by atoms with E-state index in [0.717, 1.165) is 20.0 Å². The maximum atomic E-state index is 11.6. The first-order valence-corrected chi connectivity index (χ1v) is 9.49. The Morgan fingerprint density at radius 3 is 1.95 bits per heavy atom. The Morgan fingerprint density at radius 2 is 1.48 bits per heavy atom.